The highest BCUT2D eigenvalue weighted by Gasteiger charge is 2.43. The second-order valence-electron chi connectivity index (χ2n) is 6.04. The predicted octanol–water partition coefficient (Wildman–Crippen LogP) is 1.48. The summed E-state index contributed by atoms with van der Waals surface area (Å²) in [5.74, 6) is 1.28. The molecule has 0 spiro atoms. The van der Waals surface area contributed by atoms with E-state index in [2.05, 4.69) is 24.8 Å². The van der Waals surface area contributed by atoms with Crippen molar-refractivity contribution in [2.45, 2.75) is 37.7 Å². The minimum absolute atomic E-state index is 0.359. The minimum Gasteiger partial charge on any atom is -0.389 e. The number of aliphatic hydroxyl groups is 1. The smallest absolute Gasteiger partial charge is 0.182 e. The fourth-order valence-corrected chi connectivity index (χ4v) is 3.76. The third-order valence-electron chi connectivity index (χ3n) is 4.93. The van der Waals surface area contributed by atoms with E-state index in [4.69, 9.17) is 0 Å². The molecule has 2 N–H and O–H groups in total. The second kappa shape index (κ2) is 4.41. The van der Waals surface area contributed by atoms with Crippen molar-refractivity contribution < 1.29 is 5.11 Å². The summed E-state index contributed by atoms with van der Waals surface area (Å²) in [6.45, 7) is 1.72. The molecule has 6 heteroatoms. The Kier molecular flexibility index (Phi) is 2.66. The van der Waals surface area contributed by atoms with Gasteiger partial charge in [-0.1, -0.05) is 12.8 Å². The van der Waals surface area contributed by atoms with Gasteiger partial charge in [-0.15, -0.1) is 0 Å². The van der Waals surface area contributed by atoms with Crippen LogP contribution >= 0.6 is 0 Å². The molecule has 2 atom stereocenters. The lowest BCUT2D eigenvalue weighted by atomic mass is 9.71. The monoisotopic (exact) mass is 273 g/mol. The van der Waals surface area contributed by atoms with Crippen LogP contribution in [-0.4, -0.2) is 43.7 Å². The largest absolute Gasteiger partial charge is 0.389 e. The Bertz CT molecular complexity index is 627. The first-order valence-electron chi connectivity index (χ1n) is 7.38. The van der Waals surface area contributed by atoms with E-state index in [1.54, 1.807) is 12.7 Å². The Balaban J connectivity index is 1.65. The van der Waals surface area contributed by atoms with Crippen LogP contribution in [0.1, 0.15) is 32.1 Å². The Hall–Kier alpha value is -1.69. The van der Waals surface area contributed by atoms with Crippen LogP contribution in [0.25, 0.3) is 11.2 Å². The molecule has 0 bridgehead atoms. The Labute approximate surface area is 117 Å². The van der Waals surface area contributed by atoms with E-state index in [0.29, 0.717) is 11.6 Å². The number of hydrogen-bond acceptors (Lipinski definition) is 5. The summed E-state index contributed by atoms with van der Waals surface area (Å²) < 4.78 is 0. The van der Waals surface area contributed by atoms with Crippen molar-refractivity contribution in [1.29, 1.82) is 0 Å². The summed E-state index contributed by atoms with van der Waals surface area (Å²) >= 11 is 0. The summed E-state index contributed by atoms with van der Waals surface area (Å²) in [5.41, 5.74) is 1.16. The van der Waals surface area contributed by atoms with Crippen LogP contribution < -0.4 is 4.90 Å². The van der Waals surface area contributed by atoms with Gasteiger partial charge in [0.2, 0.25) is 0 Å². The predicted molar refractivity (Wildman–Crippen MR) is 75.4 cm³/mol. The fraction of sp³-hybridized carbons (Fsp3) is 0.643. The number of fused-ring (bicyclic) bond motifs is 2. The molecule has 1 saturated carbocycles. The van der Waals surface area contributed by atoms with Crippen LogP contribution in [0, 0.1) is 5.92 Å². The van der Waals surface area contributed by atoms with Gasteiger partial charge in [-0.3, -0.25) is 0 Å². The molecule has 106 valence electrons. The van der Waals surface area contributed by atoms with Crippen molar-refractivity contribution in [3.8, 4) is 0 Å². The molecule has 2 aliphatic rings. The average molecular weight is 273 g/mol. The van der Waals surface area contributed by atoms with Crippen LogP contribution in [-0.2, 0) is 0 Å². The maximum atomic E-state index is 10.7. The SMILES string of the molecule is O[C@@]12CCCC[C@H]1CN(c1ncnc3nc[nH]c13)CC2. The molecule has 20 heavy (non-hydrogen) atoms. The molecule has 6 nitrogen and oxygen atoms in total. The van der Waals surface area contributed by atoms with Gasteiger partial charge < -0.3 is 15.0 Å². The van der Waals surface area contributed by atoms with Gasteiger partial charge in [-0.25, -0.2) is 15.0 Å². The molecule has 4 rings (SSSR count). The van der Waals surface area contributed by atoms with Gasteiger partial charge in [0.15, 0.2) is 11.5 Å². The average Bonchev–Trinajstić information content (AvgIpc) is 2.94. The summed E-state index contributed by atoms with van der Waals surface area (Å²) in [4.78, 5) is 18.2. The summed E-state index contributed by atoms with van der Waals surface area (Å²) in [6, 6.07) is 0. The van der Waals surface area contributed by atoms with Gasteiger partial charge in [0, 0.05) is 19.0 Å². The molecule has 3 heterocycles. The number of rotatable bonds is 1. The molecule has 0 amide bonds. The number of anilines is 1. The Morgan fingerprint density at radius 1 is 1.25 bits per heavy atom. The minimum atomic E-state index is -0.450. The highest BCUT2D eigenvalue weighted by molar-refractivity contribution is 5.82. The van der Waals surface area contributed by atoms with E-state index < -0.39 is 5.60 Å². The Morgan fingerprint density at radius 2 is 2.20 bits per heavy atom. The highest BCUT2D eigenvalue weighted by atomic mass is 16.3. The zero-order valence-electron chi connectivity index (χ0n) is 11.4. The number of nitrogens with zero attached hydrogens (tertiary/aromatic N) is 4. The lowest BCUT2D eigenvalue weighted by Crippen LogP contribution is -2.53. The first kappa shape index (κ1) is 12.1. The molecule has 0 unspecified atom stereocenters. The highest BCUT2D eigenvalue weighted by Crippen LogP contribution is 2.41. The number of aromatic amines is 1. The van der Waals surface area contributed by atoms with Gasteiger partial charge in [0.05, 0.1) is 11.9 Å². The second-order valence-corrected chi connectivity index (χ2v) is 6.04. The zero-order chi connectivity index (χ0) is 13.6. The fourth-order valence-electron chi connectivity index (χ4n) is 3.76. The number of imidazole rings is 1. The van der Waals surface area contributed by atoms with Crippen LogP contribution in [0.15, 0.2) is 12.7 Å². The first-order chi connectivity index (χ1) is 9.76. The Morgan fingerprint density at radius 3 is 3.15 bits per heavy atom. The molecule has 2 aromatic heterocycles. The number of piperidine rings is 1. The number of hydrogen-bond donors (Lipinski definition) is 2. The number of aromatic nitrogens is 4. The van der Waals surface area contributed by atoms with Crippen molar-refractivity contribution in [2.24, 2.45) is 5.92 Å². The molecular weight excluding hydrogens is 254 g/mol. The molecule has 0 aromatic carbocycles. The lowest BCUT2D eigenvalue weighted by Gasteiger charge is -2.47. The van der Waals surface area contributed by atoms with Crippen LogP contribution in [0.3, 0.4) is 0 Å². The van der Waals surface area contributed by atoms with E-state index in [-0.39, 0.29) is 0 Å². The molecule has 1 aliphatic heterocycles. The summed E-state index contributed by atoms with van der Waals surface area (Å²) in [5, 5.41) is 10.7. The molecule has 1 saturated heterocycles. The van der Waals surface area contributed by atoms with Crippen LogP contribution in [0.5, 0.6) is 0 Å². The third kappa shape index (κ3) is 1.78. The van der Waals surface area contributed by atoms with E-state index in [0.717, 1.165) is 50.1 Å². The van der Waals surface area contributed by atoms with Crippen LogP contribution in [0.2, 0.25) is 0 Å². The third-order valence-corrected chi connectivity index (χ3v) is 4.93. The van der Waals surface area contributed by atoms with Crippen molar-refractivity contribution >= 4 is 17.0 Å². The summed E-state index contributed by atoms with van der Waals surface area (Å²) in [7, 11) is 0. The first-order valence-corrected chi connectivity index (χ1v) is 7.38. The lowest BCUT2D eigenvalue weighted by molar-refractivity contribution is -0.0613. The standard InChI is InChI=1S/C14H19N5O/c20-14-4-2-1-3-10(14)7-19(6-5-14)13-11-12(16-8-15-11)17-9-18-13/h8-10,20H,1-7H2,(H,15,16,17,18)/t10-,14+/m0/s1. The van der Waals surface area contributed by atoms with Gasteiger partial charge in [0.25, 0.3) is 0 Å². The van der Waals surface area contributed by atoms with Crippen LogP contribution in [0.4, 0.5) is 5.82 Å². The van der Waals surface area contributed by atoms with Crippen molar-refractivity contribution in [1.82, 2.24) is 19.9 Å². The zero-order valence-corrected chi connectivity index (χ0v) is 11.4. The quantitative estimate of drug-likeness (QED) is 0.823. The summed E-state index contributed by atoms with van der Waals surface area (Å²) in [6.07, 6.45) is 8.51. The molecule has 2 aromatic rings. The molecule has 0 radical (unpaired) electrons. The maximum Gasteiger partial charge on any atom is 0.182 e. The molecule has 1 aliphatic carbocycles. The number of H-pyrrole nitrogens is 1. The van der Waals surface area contributed by atoms with E-state index in [1.165, 1.54) is 6.42 Å². The molecule has 2 fully saturated rings. The van der Waals surface area contributed by atoms with Gasteiger partial charge in [-0.2, -0.15) is 0 Å². The normalized spacial score (nSPS) is 30.4. The van der Waals surface area contributed by atoms with Gasteiger partial charge >= 0.3 is 0 Å². The van der Waals surface area contributed by atoms with Gasteiger partial charge in [-0.05, 0) is 19.3 Å². The van der Waals surface area contributed by atoms with E-state index in [1.807, 2.05) is 0 Å². The van der Waals surface area contributed by atoms with E-state index in [9.17, 15) is 5.11 Å². The van der Waals surface area contributed by atoms with Crippen molar-refractivity contribution in [3.05, 3.63) is 12.7 Å². The van der Waals surface area contributed by atoms with Crippen molar-refractivity contribution in [3.63, 3.8) is 0 Å². The van der Waals surface area contributed by atoms with Crippen molar-refractivity contribution in [2.75, 3.05) is 18.0 Å². The van der Waals surface area contributed by atoms with Gasteiger partial charge in [0.1, 0.15) is 11.8 Å². The molecular formula is C14H19N5O. The maximum absolute atomic E-state index is 10.7. The van der Waals surface area contributed by atoms with E-state index >= 15 is 0 Å². The topological polar surface area (TPSA) is 77.9 Å². The number of nitrogens with one attached hydrogen (secondary N) is 1.